The molecule has 3 rings (SSSR count). The van der Waals surface area contributed by atoms with Crippen LogP contribution in [0.2, 0.25) is 0 Å². The fraction of sp³-hybridized carbons (Fsp3) is 0.200. The number of aliphatic hydroxyl groups is 1. The Morgan fingerprint density at radius 3 is 2.62 bits per heavy atom. The summed E-state index contributed by atoms with van der Waals surface area (Å²) in [5.41, 5.74) is -0.152. The monoisotopic (exact) mass is 350 g/mol. The minimum Gasteiger partial charge on any atom is -0.497 e. The molecule has 0 saturated heterocycles. The molecule has 0 radical (unpaired) electrons. The molecule has 1 heterocycles. The molecule has 2 N–H and O–H groups in total. The number of nitriles is 1. The third kappa shape index (κ3) is 2.79. The van der Waals surface area contributed by atoms with Gasteiger partial charge in [-0.05, 0) is 36.8 Å². The van der Waals surface area contributed by atoms with Crippen LogP contribution in [0, 0.1) is 11.3 Å². The normalized spacial score (nSPS) is 13.0. The Balaban J connectivity index is 2.21. The number of esters is 1. The highest BCUT2D eigenvalue weighted by molar-refractivity contribution is 5.94. The Bertz CT molecular complexity index is 985. The first-order chi connectivity index (χ1) is 12.5. The SMILES string of the molecule is CCOC(=O)[C@@](O)(c1ccc(C#N)cc1)c1c[nH]c2cc(OC)ccc12. The van der Waals surface area contributed by atoms with Crippen molar-refractivity contribution in [3.63, 3.8) is 0 Å². The van der Waals surface area contributed by atoms with E-state index in [9.17, 15) is 9.90 Å². The molecule has 0 fully saturated rings. The van der Waals surface area contributed by atoms with Gasteiger partial charge in [-0.15, -0.1) is 0 Å². The largest absolute Gasteiger partial charge is 0.497 e. The highest BCUT2D eigenvalue weighted by Gasteiger charge is 2.43. The molecular weight excluding hydrogens is 332 g/mol. The quantitative estimate of drug-likeness (QED) is 0.690. The lowest BCUT2D eigenvalue weighted by molar-refractivity contribution is -0.161. The molecule has 0 spiro atoms. The molecule has 0 saturated carbocycles. The van der Waals surface area contributed by atoms with Crippen LogP contribution in [0.5, 0.6) is 5.75 Å². The van der Waals surface area contributed by atoms with Crippen LogP contribution in [-0.2, 0) is 15.1 Å². The number of ether oxygens (including phenoxy) is 2. The van der Waals surface area contributed by atoms with Crippen molar-refractivity contribution in [2.45, 2.75) is 12.5 Å². The third-order valence-electron chi connectivity index (χ3n) is 4.28. The number of nitrogens with one attached hydrogen (secondary N) is 1. The zero-order valence-electron chi connectivity index (χ0n) is 14.4. The van der Waals surface area contributed by atoms with Crippen molar-refractivity contribution in [1.82, 2.24) is 4.98 Å². The maximum absolute atomic E-state index is 12.7. The number of nitrogens with zero attached hydrogens (tertiary/aromatic N) is 1. The Hall–Kier alpha value is -3.30. The average Bonchev–Trinajstić information content (AvgIpc) is 3.11. The number of fused-ring (bicyclic) bond motifs is 1. The lowest BCUT2D eigenvalue weighted by Gasteiger charge is -2.26. The first kappa shape index (κ1) is 17.5. The van der Waals surface area contributed by atoms with Crippen LogP contribution in [-0.4, -0.2) is 29.8 Å². The van der Waals surface area contributed by atoms with E-state index in [-0.39, 0.29) is 6.61 Å². The van der Waals surface area contributed by atoms with Gasteiger partial charge in [0.25, 0.3) is 0 Å². The van der Waals surface area contributed by atoms with Gasteiger partial charge in [0, 0.05) is 28.7 Å². The van der Waals surface area contributed by atoms with Crippen LogP contribution in [0.3, 0.4) is 0 Å². The molecule has 6 heteroatoms. The number of aromatic nitrogens is 1. The first-order valence-electron chi connectivity index (χ1n) is 8.10. The summed E-state index contributed by atoms with van der Waals surface area (Å²) in [5.74, 6) is -0.120. The highest BCUT2D eigenvalue weighted by atomic mass is 16.5. The van der Waals surface area contributed by atoms with Gasteiger partial charge in [0.15, 0.2) is 0 Å². The smallest absolute Gasteiger partial charge is 0.347 e. The van der Waals surface area contributed by atoms with Crippen LogP contribution >= 0.6 is 0 Å². The summed E-state index contributed by atoms with van der Waals surface area (Å²) in [6, 6.07) is 13.5. The van der Waals surface area contributed by atoms with Gasteiger partial charge in [0.1, 0.15) is 5.75 Å². The number of carbonyl (C=O) groups is 1. The van der Waals surface area contributed by atoms with E-state index in [1.807, 2.05) is 6.07 Å². The number of benzene rings is 2. The molecule has 0 bridgehead atoms. The van der Waals surface area contributed by atoms with E-state index >= 15 is 0 Å². The molecule has 0 aliphatic carbocycles. The number of rotatable bonds is 5. The second kappa shape index (κ2) is 6.90. The van der Waals surface area contributed by atoms with Crippen LogP contribution in [0.4, 0.5) is 0 Å². The third-order valence-corrected chi connectivity index (χ3v) is 4.28. The number of aromatic amines is 1. The summed E-state index contributed by atoms with van der Waals surface area (Å²) in [4.78, 5) is 15.8. The standard InChI is InChI=1S/C20H18N2O4/c1-3-26-19(23)20(24,14-6-4-13(11-21)5-7-14)17-12-22-18-10-15(25-2)8-9-16(17)18/h4-10,12,22,24H,3H2,1-2H3/t20-/m1/s1. The molecule has 0 aliphatic rings. The van der Waals surface area contributed by atoms with Gasteiger partial charge in [-0.3, -0.25) is 0 Å². The number of methoxy groups -OCH3 is 1. The van der Waals surface area contributed by atoms with Gasteiger partial charge in [-0.25, -0.2) is 4.79 Å². The Labute approximate surface area is 150 Å². The molecule has 0 unspecified atom stereocenters. The predicted molar refractivity (Wildman–Crippen MR) is 95.6 cm³/mol. The molecule has 1 atom stereocenters. The van der Waals surface area contributed by atoms with Crippen molar-refractivity contribution in [1.29, 1.82) is 5.26 Å². The Kier molecular flexibility index (Phi) is 4.65. The van der Waals surface area contributed by atoms with Crippen molar-refractivity contribution in [3.8, 4) is 11.8 Å². The Morgan fingerprint density at radius 1 is 1.27 bits per heavy atom. The lowest BCUT2D eigenvalue weighted by Crippen LogP contribution is -2.38. The van der Waals surface area contributed by atoms with E-state index in [0.29, 0.717) is 27.8 Å². The topological polar surface area (TPSA) is 95.3 Å². The van der Waals surface area contributed by atoms with Crippen LogP contribution in [0.1, 0.15) is 23.6 Å². The number of hydrogen-bond acceptors (Lipinski definition) is 5. The van der Waals surface area contributed by atoms with Crippen molar-refractivity contribution >= 4 is 16.9 Å². The van der Waals surface area contributed by atoms with E-state index in [0.717, 1.165) is 5.52 Å². The van der Waals surface area contributed by atoms with Gasteiger partial charge >= 0.3 is 5.97 Å². The number of carbonyl (C=O) groups excluding carboxylic acids is 1. The van der Waals surface area contributed by atoms with Gasteiger partial charge < -0.3 is 19.6 Å². The van der Waals surface area contributed by atoms with Crippen molar-refractivity contribution in [3.05, 3.63) is 65.4 Å². The second-order valence-corrected chi connectivity index (χ2v) is 5.73. The van der Waals surface area contributed by atoms with E-state index in [2.05, 4.69) is 4.98 Å². The van der Waals surface area contributed by atoms with E-state index in [1.54, 1.807) is 62.7 Å². The highest BCUT2D eigenvalue weighted by Crippen LogP contribution is 2.37. The van der Waals surface area contributed by atoms with Gasteiger partial charge in [0.05, 0.1) is 25.3 Å². The molecule has 3 aromatic rings. The van der Waals surface area contributed by atoms with Crippen LogP contribution < -0.4 is 4.74 Å². The minimum atomic E-state index is -2.00. The average molecular weight is 350 g/mol. The van der Waals surface area contributed by atoms with E-state index in [4.69, 9.17) is 14.7 Å². The van der Waals surface area contributed by atoms with Gasteiger partial charge in [0.2, 0.25) is 5.60 Å². The molecule has 132 valence electrons. The molecule has 6 nitrogen and oxygen atoms in total. The molecule has 1 aromatic heterocycles. The summed E-state index contributed by atoms with van der Waals surface area (Å²) in [7, 11) is 1.57. The fourth-order valence-electron chi connectivity index (χ4n) is 2.94. The predicted octanol–water partition coefficient (Wildman–Crippen LogP) is 2.85. The van der Waals surface area contributed by atoms with Crippen molar-refractivity contribution in [2.24, 2.45) is 0 Å². The zero-order valence-corrected chi connectivity index (χ0v) is 14.4. The maximum atomic E-state index is 12.7. The lowest BCUT2D eigenvalue weighted by atomic mass is 9.85. The summed E-state index contributed by atoms with van der Waals surface area (Å²) in [5, 5.41) is 21.1. The second-order valence-electron chi connectivity index (χ2n) is 5.73. The number of hydrogen-bond donors (Lipinski definition) is 2. The zero-order chi connectivity index (χ0) is 18.7. The minimum absolute atomic E-state index is 0.133. The fourth-order valence-corrected chi connectivity index (χ4v) is 2.94. The Morgan fingerprint density at radius 2 is 2.00 bits per heavy atom. The summed E-state index contributed by atoms with van der Waals surface area (Å²) >= 11 is 0. The van der Waals surface area contributed by atoms with Crippen molar-refractivity contribution in [2.75, 3.05) is 13.7 Å². The molecule has 26 heavy (non-hydrogen) atoms. The maximum Gasteiger partial charge on any atom is 0.347 e. The molecular formula is C20H18N2O4. The van der Waals surface area contributed by atoms with Crippen LogP contribution in [0.25, 0.3) is 10.9 Å². The molecule has 0 amide bonds. The van der Waals surface area contributed by atoms with E-state index in [1.165, 1.54) is 0 Å². The van der Waals surface area contributed by atoms with Crippen molar-refractivity contribution < 1.29 is 19.4 Å². The summed E-state index contributed by atoms with van der Waals surface area (Å²) in [6.07, 6.45) is 1.58. The van der Waals surface area contributed by atoms with Crippen LogP contribution in [0.15, 0.2) is 48.7 Å². The molecule has 0 aliphatic heterocycles. The first-order valence-corrected chi connectivity index (χ1v) is 8.10. The van der Waals surface area contributed by atoms with Gasteiger partial charge in [-0.2, -0.15) is 5.26 Å². The van der Waals surface area contributed by atoms with Gasteiger partial charge in [-0.1, -0.05) is 12.1 Å². The summed E-state index contributed by atoms with van der Waals surface area (Å²) < 4.78 is 10.4. The van der Waals surface area contributed by atoms with E-state index < -0.39 is 11.6 Å². The number of H-pyrrole nitrogens is 1. The summed E-state index contributed by atoms with van der Waals surface area (Å²) in [6.45, 7) is 1.81. The molecule has 2 aromatic carbocycles.